The van der Waals surface area contributed by atoms with E-state index < -0.39 is 0 Å². The van der Waals surface area contributed by atoms with E-state index in [1.165, 1.54) is 11.3 Å². The maximum Gasteiger partial charge on any atom is 0.244 e. The van der Waals surface area contributed by atoms with Gasteiger partial charge in [-0.3, -0.25) is 4.79 Å². The summed E-state index contributed by atoms with van der Waals surface area (Å²) in [5, 5.41) is 14.0. The van der Waals surface area contributed by atoms with Gasteiger partial charge >= 0.3 is 0 Å². The first-order valence-corrected chi connectivity index (χ1v) is 8.39. The van der Waals surface area contributed by atoms with E-state index in [-0.39, 0.29) is 24.0 Å². The van der Waals surface area contributed by atoms with Crippen molar-refractivity contribution in [1.82, 2.24) is 14.9 Å². The first kappa shape index (κ1) is 17.4. The number of carbonyl (C=O) groups excluding carboxylic acids is 1. The van der Waals surface area contributed by atoms with Crippen molar-refractivity contribution in [3.63, 3.8) is 0 Å². The van der Waals surface area contributed by atoms with Crippen LogP contribution in [-0.2, 0) is 17.9 Å². The molecule has 1 unspecified atom stereocenters. The predicted octanol–water partition coefficient (Wildman–Crippen LogP) is 2.68. The second-order valence-electron chi connectivity index (χ2n) is 6.54. The second kappa shape index (κ2) is 7.57. The van der Waals surface area contributed by atoms with Crippen molar-refractivity contribution in [2.24, 2.45) is 5.41 Å². The molecule has 0 spiro atoms. The molecule has 1 atom stereocenters. The number of aromatic nitrogens is 2. The normalized spacial score (nSPS) is 13.4. The first-order valence-electron chi connectivity index (χ1n) is 7.51. The number of hydrogen-bond acceptors (Lipinski definition) is 4. The minimum Gasteiger partial charge on any atom is -0.392 e. The summed E-state index contributed by atoms with van der Waals surface area (Å²) in [6.07, 6.45) is 8.69. The molecule has 0 aliphatic carbocycles. The minimum absolute atomic E-state index is 0.00908. The van der Waals surface area contributed by atoms with Crippen LogP contribution in [0, 0.1) is 5.41 Å². The first-order chi connectivity index (χ1) is 10.9. The summed E-state index contributed by atoms with van der Waals surface area (Å²) in [5.41, 5.74) is 0.795. The van der Waals surface area contributed by atoms with Gasteiger partial charge in [-0.1, -0.05) is 20.8 Å². The second-order valence-corrected chi connectivity index (χ2v) is 7.48. The van der Waals surface area contributed by atoms with Gasteiger partial charge in [0.25, 0.3) is 0 Å². The lowest BCUT2D eigenvalue weighted by Gasteiger charge is -2.31. The fraction of sp³-hybridized carbons (Fsp3) is 0.412. The van der Waals surface area contributed by atoms with Gasteiger partial charge in [0.2, 0.25) is 5.91 Å². The molecular formula is C17H23N3O2S. The van der Waals surface area contributed by atoms with Crippen molar-refractivity contribution >= 4 is 23.3 Å². The van der Waals surface area contributed by atoms with Crippen LogP contribution >= 0.6 is 11.3 Å². The smallest absolute Gasteiger partial charge is 0.244 e. The number of nitrogens with one attached hydrogen (secondary N) is 1. The molecule has 0 fully saturated rings. The summed E-state index contributed by atoms with van der Waals surface area (Å²) in [6, 6.07) is 1.87. The summed E-state index contributed by atoms with van der Waals surface area (Å²) >= 11 is 1.51. The molecule has 0 radical (unpaired) electrons. The number of rotatable bonds is 6. The highest BCUT2D eigenvalue weighted by Gasteiger charge is 2.25. The van der Waals surface area contributed by atoms with Crippen molar-refractivity contribution in [2.75, 3.05) is 0 Å². The van der Waals surface area contributed by atoms with Crippen LogP contribution in [0.15, 0.2) is 36.2 Å². The Morgan fingerprint density at radius 3 is 2.87 bits per heavy atom. The monoisotopic (exact) mass is 333 g/mol. The lowest BCUT2D eigenvalue weighted by Crippen LogP contribution is -2.45. The molecule has 124 valence electrons. The molecule has 2 rings (SSSR count). The topological polar surface area (TPSA) is 67.2 Å². The number of aliphatic hydroxyl groups is 1. The van der Waals surface area contributed by atoms with E-state index in [2.05, 4.69) is 31.1 Å². The van der Waals surface area contributed by atoms with Crippen molar-refractivity contribution in [3.8, 4) is 0 Å². The van der Waals surface area contributed by atoms with Gasteiger partial charge in [0.15, 0.2) is 0 Å². The number of amides is 1. The Morgan fingerprint density at radius 1 is 1.52 bits per heavy atom. The maximum atomic E-state index is 12.2. The Hall–Kier alpha value is -1.92. The number of imidazole rings is 1. The summed E-state index contributed by atoms with van der Waals surface area (Å²) in [5.74, 6) is -0.121. The zero-order chi connectivity index (χ0) is 16.9. The van der Waals surface area contributed by atoms with Crippen LogP contribution in [0.2, 0.25) is 0 Å². The number of carbonyl (C=O) groups is 1. The van der Waals surface area contributed by atoms with Gasteiger partial charge in [-0.05, 0) is 28.5 Å². The van der Waals surface area contributed by atoms with E-state index in [0.29, 0.717) is 6.54 Å². The number of thiophene rings is 1. The molecule has 0 bridgehead atoms. The van der Waals surface area contributed by atoms with Crippen molar-refractivity contribution in [1.29, 1.82) is 0 Å². The largest absolute Gasteiger partial charge is 0.392 e. The van der Waals surface area contributed by atoms with E-state index >= 15 is 0 Å². The fourth-order valence-corrected chi connectivity index (χ4v) is 2.88. The Morgan fingerprint density at radius 2 is 2.30 bits per heavy atom. The lowest BCUT2D eigenvalue weighted by atomic mass is 9.86. The van der Waals surface area contributed by atoms with Crippen molar-refractivity contribution in [2.45, 2.75) is 40.0 Å². The SMILES string of the molecule is CC(C)(C)C(Cn1ccnc1)NC(=O)C=Cc1cc(CO)cs1. The summed E-state index contributed by atoms with van der Waals surface area (Å²) < 4.78 is 1.96. The lowest BCUT2D eigenvalue weighted by molar-refractivity contribution is -0.118. The summed E-state index contributed by atoms with van der Waals surface area (Å²) in [6.45, 7) is 7.01. The summed E-state index contributed by atoms with van der Waals surface area (Å²) in [7, 11) is 0. The molecule has 2 heterocycles. The van der Waals surface area contributed by atoms with Gasteiger partial charge in [-0.25, -0.2) is 4.98 Å². The van der Waals surface area contributed by atoms with Crippen LogP contribution in [-0.4, -0.2) is 26.6 Å². The van der Waals surface area contributed by atoms with Crippen LogP contribution in [0.1, 0.15) is 31.2 Å². The molecule has 2 aromatic rings. The third kappa shape index (κ3) is 5.33. The van der Waals surface area contributed by atoms with Crippen LogP contribution in [0.3, 0.4) is 0 Å². The highest BCUT2D eigenvalue weighted by molar-refractivity contribution is 7.11. The molecule has 2 N–H and O–H groups in total. The molecule has 0 aliphatic heterocycles. The van der Waals surface area contributed by atoms with Gasteiger partial charge in [-0.2, -0.15) is 0 Å². The predicted molar refractivity (Wildman–Crippen MR) is 92.9 cm³/mol. The molecule has 0 saturated carbocycles. The van der Waals surface area contributed by atoms with E-state index in [9.17, 15) is 4.79 Å². The van der Waals surface area contributed by atoms with Crippen LogP contribution < -0.4 is 5.32 Å². The minimum atomic E-state index is -0.121. The highest BCUT2D eigenvalue weighted by Crippen LogP contribution is 2.21. The molecule has 0 aliphatic rings. The average molecular weight is 333 g/mol. The van der Waals surface area contributed by atoms with E-state index in [1.54, 1.807) is 24.7 Å². The van der Waals surface area contributed by atoms with Gasteiger partial charge < -0.3 is 15.0 Å². The number of aliphatic hydroxyl groups excluding tert-OH is 1. The van der Waals surface area contributed by atoms with E-state index in [1.807, 2.05) is 22.2 Å². The molecule has 1 amide bonds. The molecule has 2 aromatic heterocycles. The molecular weight excluding hydrogens is 310 g/mol. The fourth-order valence-electron chi connectivity index (χ4n) is 2.08. The van der Waals surface area contributed by atoms with Crippen LogP contribution in [0.4, 0.5) is 0 Å². The Balaban J connectivity index is 1.99. The van der Waals surface area contributed by atoms with Crippen LogP contribution in [0.5, 0.6) is 0 Å². The zero-order valence-electron chi connectivity index (χ0n) is 13.7. The van der Waals surface area contributed by atoms with Gasteiger partial charge in [0, 0.05) is 29.9 Å². The molecule has 23 heavy (non-hydrogen) atoms. The van der Waals surface area contributed by atoms with Gasteiger partial charge in [0.05, 0.1) is 19.0 Å². The highest BCUT2D eigenvalue weighted by atomic mass is 32.1. The van der Waals surface area contributed by atoms with Gasteiger partial charge in [0.1, 0.15) is 0 Å². The molecule has 6 heteroatoms. The third-order valence-corrected chi connectivity index (χ3v) is 4.52. The van der Waals surface area contributed by atoms with E-state index in [0.717, 1.165) is 10.4 Å². The van der Waals surface area contributed by atoms with Crippen molar-refractivity contribution in [3.05, 3.63) is 46.7 Å². The Labute approximate surface area is 140 Å². The number of hydrogen-bond donors (Lipinski definition) is 2. The molecule has 5 nitrogen and oxygen atoms in total. The van der Waals surface area contributed by atoms with E-state index in [4.69, 9.17) is 5.11 Å². The summed E-state index contributed by atoms with van der Waals surface area (Å²) in [4.78, 5) is 17.2. The third-order valence-electron chi connectivity index (χ3n) is 3.57. The molecule has 0 aromatic carbocycles. The zero-order valence-corrected chi connectivity index (χ0v) is 14.5. The number of nitrogens with zero attached hydrogens (tertiary/aromatic N) is 2. The van der Waals surface area contributed by atoms with Crippen LogP contribution in [0.25, 0.3) is 6.08 Å². The van der Waals surface area contributed by atoms with Gasteiger partial charge in [-0.15, -0.1) is 11.3 Å². The average Bonchev–Trinajstić information content (AvgIpc) is 3.14. The molecule has 0 saturated heterocycles. The Bertz CT molecular complexity index is 654. The van der Waals surface area contributed by atoms with Crippen molar-refractivity contribution < 1.29 is 9.90 Å². The maximum absolute atomic E-state index is 12.2. The standard InChI is InChI=1S/C17H23N3O2S/c1-17(2,3)15(9-20-7-6-18-12-20)19-16(22)5-4-14-8-13(10-21)11-23-14/h4-8,11-12,15,21H,9-10H2,1-3H3,(H,19,22). The Kier molecular flexibility index (Phi) is 5.74. The quantitative estimate of drug-likeness (QED) is 0.799.